The number of nitrogens with one attached hydrogen (secondary N) is 1. The zero-order chi connectivity index (χ0) is 7.28. The van der Waals surface area contributed by atoms with Gasteiger partial charge in [0.1, 0.15) is 0 Å². The maximum atomic E-state index is 10.2. The van der Waals surface area contributed by atoms with Gasteiger partial charge in [-0.05, 0) is 5.64 Å². The van der Waals surface area contributed by atoms with E-state index in [4.69, 9.17) is 0 Å². The van der Waals surface area contributed by atoms with Crippen LogP contribution in [0.2, 0.25) is 0 Å². The molecule has 5 nitrogen and oxygen atoms in total. The van der Waals surface area contributed by atoms with Gasteiger partial charge in [0, 0.05) is 6.92 Å². The molecular weight excluding hydrogens is 126 g/mol. The lowest BCUT2D eigenvalue weighted by atomic mass is 10.5. The minimum absolute atomic E-state index is 0.681. The number of carbonyl (C=O) groups is 2. The van der Waals surface area contributed by atoms with Gasteiger partial charge < -0.3 is 4.84 Å². The van der Waals surface area contributed by atoms with E-state index in [0.717, 1.165) is 6.92 Å². The fourth-order valence-electron chi connectivity index (χ4n) is 0.151. The first-order chi connectivity index (χ1) is 4.18. The summed E-state index contributed by atoms with van der Waals surface area (Å²) in [5.74, 6) is -1.66. The molecule has 0 aliphatic heterocycles. The zero-order valence-corrected chi connectivity index (χ0v) is 5.13. The van der Waals surface area contributed by atoms with Gasteiger partial charge >= 0.3 is 5.97 Å². The topological polar surface area (TPSA) is 64.6 Å². The average Bonchev–Trinajstić information content (AvgIpc) is 1.82. The summed E-state index contributed by atoms with van der Waals surface area (Å²) in [5, 5.41) is 0. The molecule has 0 bridgehead atoms. The highest BCUT2D eigenvalue weighted by molar-refractivity contribution is 6.32. The van der Waals surface area contributed by atoms with Crippen LogP contribution in [0.15, 0.2) is 0 Å². The van der Waals surface area contributed by atoms with Gasteiger partial charge in [0.2, 0.25) is 5.78 Å². The maximum Gasteiger partial charge on any atom is 0.394 e. The number of Topliss-reactive ketones (excluding diaryl/α,β-unsaturated/α-hetero) is 1. The van der Waals surface area contributed by atoms with E-state index in [1.54, 1.807) is 5.64 Å². The molecule has 0 radical (unpaired) electrons. The summed E-state index contributed by atoms with van der Waals surface area (Å²) >= 11 is 0. The Bertz CT molecular complexity index is 122. The molecule has 5 heteroatoms. The summed E-state index contributed by atoms with van der Waals surface area (Å²) in [6.07, 6.45) is 0. The molecule has 0 aliphatic carbocycles. The molecule has 0 aromatic heterocycles. The molecule has 0 rings (SSSR count). The zero-order valence-electron chi connectivity index (χ0n) is 5.13. The van der Waals surface area contributed by atoms with Crippen LogP contribution < -0.4 is 5.64 Å². The second kappa shape index (κ2) is 3.99. The van der Waals surface area contributed by atoms with Crippen LogP contribution in [0.4, 0.5) is 0 Å². The first kappa shape index (κ1) is 8.06. The second-order valence-corrected chi connectivity index (χ2v) is 1.23. The Labute approximate surface area is 51.8 Å². The lowest BCUT2D eigenvalue weighted by molar-refractivity contribution is -0.186. The fraction of sp³-hybridized carbons (Fsp3) is 0.500. The Hall–Kier alpha value is -0.940. The van der Waals surface area contributed by atoms with Crippen LogP contribution in [0.5, 0.6) is 0 Å². The van der Waals surface area contributed by atoms with Gasteiger partial charge in [-0.25, -0.2) is 4.79 Å². The third-order valence-electron chi connectivity index (χ3n) is 0.505. The van der Waals surface area contributed by atoms with Gasteiger partial charge in [-0.15, -0.1) is 0 Å². The Morgan fingerprint density at radius 2 is 2.00 bits per heavy atom. The molecule has 0 amide bonds. The highest BCUT2D eigenvalue weighted by atomic mass is 16.9. The van der Waals surface area contributed by atoms with Gasteiger partial charge in [0.15, 0.2) is 0 Å². The molecule has 9 heavy (non-hydrogen) atoms. The standard InChI is InChI=1S/C4H7NO4/c1-3(6)4(7)9-5-8-2/h5H,1-2H3. The number of rotatable bonds is 3. The molecule has 0 unspecified atom stereocenters. The van der Waals surface area contributed by atoms with Crippen LogP contribution in [0.25, 0.3) is 0 Å². The molecule has 0 aliphatic rings. The van der Waals surface area contributed by atoms with Crippen molar-refractivity contribution in [3.05, 3.63) is 0 Å². The molecule has 0 aromatic rings. The molecule has 0 atom stereocenters. The van der Waals surface area contributed by atoms with Gasteiger partial charge in [0.25, 0.3) is 0 Å². The van der Waals surface area contributed by atoms with Crippen LogP contribution in [0.1, 0.15) is 6.92 Å². The third kappa shape index (κ3) is 3.63. The molecule has 52 valence electrons. The number of carbonyl (C=O) groups excluding carboxylic acids is 2. The van der Waals surface area contributed by atoms with Crippen LogP contribution >= 0.6 is 0 Å². The van der Waals surface area contributed by atoms with E-state index >= 15 is 0 Å². The summed E-state index contributed by atoms with van der Waals surface area (Å²) in [4.78, 5) is 28.4. The van der Waals surface area contributed by atoms with Crippen molar-refractivity contribution in [3.63, 3.8) is 0 Å². The summed E-state index contributed by atoms with van der Waals surface area (Å²) < 4.78 is 0. The summed E-state index contributed by atoms with van der Waals surface area (Å²) in [5.41, 5.74) is 1.76. The summed E-state index contributed by atoms with van der Waals surface area (Å²) in [6, 6.07) is 0. The van der Waals surface area contributed by atoms with Gasteiger partial charge in [-0.2, -0.15) is 0 Å². The van der Waals surface area contributed by atoms with E-state index in [2.05, 4.69) is 9.68 Å². The molecule has 0 saturated carbocycles. The van der Waals surface area contributed by atoms with Crippen LogP contribution in [0, 0.1) is 0 Å². The molecule has 1 N–H and O–H groups in total. The molecular formula is C4H7NO4. The summed E-state index contributed by atoms with van der Waals surface area (Å²) in [6.45, 7) is 1.10. The minimum Gasteiger partial charge on any atom is -0.338 e. The van der Waals surface area contributed by atoms with Gasteiger partial charge in [-0.3, -0.25) is 9.63 Å². The molecule has 0 aromatic carbocycles. The number of hydrogen-bond acceptors (Lipinski definition) is 5. The first-order valence-corrected chi connectivity index (χ1v) is 2.18. The fourth-order valence-corrected chi connectivity index (χ4v) is 0.151. The van der Waals surface area contributed by atoms with E-state index in [-0.39, 0.29) is 0 Å². The highest BCUT2D eigenvalue weighted by Crippen LogP contribution is 1.73. The number of ketones is 1. The van der Waals surface area contributed by atoms with Gasteiger partial charge in [0.05, 0.1) is 7.11 Å². The minimum atomic E-state index is -0.975. The van der Waals surface area contributed by atoms with Crippen molar-refractivity contribution in [2.75, 3.05) is 7.11 Å². The van der Waals surface area contributed by atoms with Crippen molar-refractivity contribution >= 4 is 11.8 Å². The van der Waals surface area contributed by atoms with Crippen molar-refractivity contribution < 1.29 is 19.3 Å². The lowest BCUT2D eigenvalue weighted by Gasteiger charge is -1.97. The first-order valence-electron chi connectivity index (χ1n) is 2.18. The van der Waals surface area contributed by atoms with E-state index in [0.29, 0.717) is 0 Å². The van der Waals surface area contributed by atoms with Crippen molar-refractivity contribution in [1.82, 2.24) is 5.64 Å². The van der Waals surface area contributed by atoms with Gasteiger partial charge in [-0.1, -0.05) is 0 Å². The molecule has 0 fully saturated rings. The van der Waals surface area contributed by atoms with Crippen molar-refractivity contribution in [3.8, 4) is 0 Å². The molecule has 0 heterocycles. The normalized spacial score (nSPS) is 8.67. The lowest BCUT2D eigenvalue weighted by Crippen LogP contribution is -2.23. The highest BCUT2D eigenvalue weighted by Gasteiger charge is 2.07. The quantitative estimate of drug-likeness (QED) is 0.402. The van der Waals surface area contributed by atoms with Crippen molar-refractivity contribution in [1.29, 1.82) is 0 Å². The smallest absolute Gasteiger partial charge is 0.338 e. The second-order valence-electron chi connectivity index (χ2n) is 1.23. The monoisotopic (exact) mass is 133 g/mol. The van der Waals surface area contributed by atoms with Crippen molar-refractivity contribution in [2.45, 2.75) is 6.92 Å². The SMILES string of the molecule is CONOC(=O)C(C)=O. The molecule has 0 saturated heterocycles. The Balaban J connectivity index is 3.39. The van der Waals surface area contributed by atoms with Crippen molar-refractivity contribution in [2.24, 2.45) is 0 Å². The average molecular weight is 133 g/mol. The maximum absolute atomic E-state index is 10.2. The molecule has 0 spiro atoms. The largest absolute Gasteiger partial charge is 0.394 e. The van der Waals surface area contributed by atoms with Crippen LogP contribution in [-0.2, 0) is 19.3 Å². The Kier molecular flexibility index (Phi) is 3.57. The third-order valence-corrected chi connectivity index (χ3v) is 0.505. The van der Waals surface area contributed by atoms with Crippen LogP contribution in [0.3, 0.4) is 0 Å². The Morgan fingerprint density at radius 3 is 2.33 bits per heavy atom. The van der Waals surface area contributed by atoms with E-state index < -0.39 is 11.8 Å². The predicted octanol–water partition coefficient (Wildman–Crippen LogP) is -0.815. The van der Waals surface area contributed by atoms with E-state index in [9.17, 15) is 9.59 Å². The van der Waals surface area contributed by atoms with Crippen LogP contribution in [-0.4, -0.2) is 18.9 Å². The number of hydrogen-bond donors (Lipinski definition) is 1. The Morgan fingerprint density at radius 1 is 1.44 bits per heavy atom. The summed E-state index contributed by atoms with van der Waals surface area (Å²) in [7, 11) is 1.26. The van der Waals surface area contributed by atoms with E-state index in [1.165, 1.54) is 7.11 Å². The predicted molar refractivity (Wildman–Crippen MR) is 26.9 cm³/mol. The van der Waals surface area contributed by atoms with E-state index in [1.807, 2.05) is 0 Å².